The molecule has 2 heterocycles. The number of carbonyl (C=O) groups excluding carboxylic acids is 2. The summed E-state index contributed by atoms with van der Waals surface area (Å²) >= 11 is 0. The van der Waals surface area contributed by atoms with Gasteiger partial charge in [-0.25, -0.2) is 4.79 Å². The number of nitrogens with one attached hydrogen (secondary N) is 2. The standard InChI is InChI=1S/C12H19N3O2/c16-10-4-2-8-15(10)11(17)14-12(5-6-12)9-3-1-7-13-9/h9,13H,1-8H2,(H,14,17). The summed E-state index contributed by atoms with van der Waals surface area (Å²) in [6.45, 7) is 1.63. The van der Waals surface area contributed by atoms with Gasteiger partial charge in [-0.2, -0.15) is 0 Å². The monoisotopic (exact) mass is 237 g/mol. The van der Waals surface area contributed by atoms with E-state index in [-0.39, 0.29) is 17.5 Å². The van der Waals surface area contributed by atoms with Crippen molar-refractivity contribution in [3.63, 3.8) is 0 Å². The predicted octanol–water partition coefficient (Wildman–Crippen LogP) is 0.603. The summed E-state index contributed by atoms with van der Waals surface area (Å²) in [6, 6.07) is 0.225. The highest BCUT2D eigenvalue weighted by molar-refractivity contribution is 5.96. The molecule has 0 aromatic carbocycles. The Kier molecular flexibility index (Phi) is 2.58. The Bertz CT molecular complexity index is 346. The highest BCUT2D eigenvalue weighted by Gasteiger charge is 2.52. The average Bonchev–Trinajstić information content (AvgIpc) is 2.79. The molecule has 3 rings (SSSR count). The van der Waals surface area contributed by atoms with Crippen molar-refractivity contribution in [3.8, 4) is 0 Å². The molecule has 5 heteroatoms. The van der Waals surface area contributed by atoms with Gasteiger partial charge in [0.25, 0.3) is 0 Å². The number of nitrogens with zero attached hydrogens (tertiary/aromatic N) is 1. The summed E-state index contributed by atoms with van der Waals surface area (Å²) in [4.78, 5) is 24.9. The molecule has 1 saturated carbocycles. The third-order valence-corrected chi connectivity index (χ3v) is 4.19. The molecule has 3 aliphatic rings. The van der Waals surface area contributed by atoms with Crippen LogP contribution in [0.4, 0.5) is 4.79 Å². The van der Waals surface area contributed by atoms with E-state index in [9.17, 15) is 9.59 Å². The molecular formula is C12H19N3O2. The highest BCUT2D eigenvalue weighted by atomic mass is 16.2. The first kappa shape index (κ1) is 11.0. The van der Waals surface area contributed by atoms with Gasteiger partial charge in [-0.15, -0.1) is 0 Å². The number of carbonyl (C=O) groups is 2. The van der Waals surface area contributed by atoms with Gasteiger partial charge in [-0.05, 0) is 38.6 Å². The first-order valence-electron chi connectivity index (χ1n) is 6.57. The van der Waals surface area contributed by atoms with E-state index in [4.69, 9.17) is 0 Å². The van der Waals surface area contributed by atoms with Crippen molar-refractivity contribution in [1.82, 2.24) is 15.5 Å². The van der Waals surface area contributed by atoms with Gasteiger partial charge in [-0.1, -0.05) is 0 Å². The van der Waals surface area contributed by atoms with Crippen LogP contribution in [-0.2, 0) is 4.79 Å². The van der Waals surface area contributed by atoms with Crippen LogP contribution in [0.25, 0.3) is 0 Å². The Morgan fingerprint density at radius 2 is 2.24 bits per heavy atom. The van der Waals surface area contributed by atoms with Gasteiger partial charge in [0.2, 0.25) is 5.91 Å². The van der Waals surface area contributed by atoms with E-state index in [1.165, 1.54) is 11.3 Å². The van der Waals surface area contributed by atoms with E-state index < -0.39 is 0 Å². The van der Waals surface area contributed by atoms with Crippen LogP contribution in [-0.4, -0.2) is 41.5 Å². The van der Waals surface area contributed by atoms with Crippen molar-refractivity contribution < 1.29 is 9.59 Å². The van der Waals surface area contributed by atoms with Crippen LogP contribution in [0, 0.1) is 0 Å². The number of likely N-dealkylation sites (tertiary alicyclic amines) is 1. The zero-order valence-electron chi connectivity index (χ0n) is 10.00. The zero-order valence-corrected chi connectivity index (χ0v) is 10.00. The zero-order chi connectivity index (χ0) is 11.9. The molecular weight excluding hydrogens is 218 g/mol. The molecule has 3 amide bonds. The number of imide groups is 1. The van der Waals surface area contributed by atoms with E-state index in [0.717, 1.165) is 32.2 Å². The van der Waals surface area contributed by atoms with Gasteiger partial charge in [0, 0.05) is 19.0 Å². The third-order valence-electron chi connectivity index (χ3n) is 4.19. The second-order valence-electron chi connectivity index (χ2n) is 5.38. The minimum absolute atomic E-state index is 0.0299. The fraction of sp³-hybridized carbons (Fsp3) is 0.833. The maximum atomic E-state index is 12.0. The fourth-order valence-corrected chi connectivity index (χ4v) is 2.99. The van der Waals surface area contributed by atoms with Gasteiger partial charge in [0.15, 0.2) is 0 Å². The van der Waals surface area contributed by atoms with Crippen LogP contribution in [0.3, 0.4) is 0 Å². The summed E-state index contributed by atoms with van der Waals surface area (Å²) < 4.78 is 0. The largest absolute Gasteiger partial charge is 0.331 e. The fourth-order valence-electron chi connectivity index (χ4n) is 2.99. The van der Waals surface area contributed by atoms with E-state index >= 15 is 0 Å². The molecule has 1 atom stereocenters. The van der Waals surface area contributed by atoms with Gasteiger partial charge in [0.05, 0.1) is 5.54 Å². The third kappa shape index (κ3) is 1.92. The van der Waals surface area contributed by atoms with Crippen molar-refractivity contribution in [2.45, 2.75) is 50.1 Å². The van der Waals surface area contributed by atoms with Gasteiger partial charge in [0.1, 0.15) is 0 Å². The first-order chi connectivity index (χ1) is 8.21. The molecule has 0 aromatic rings. The van der Waals surface area contributed by atoms with Gasteiger partial charge < -0.3 is 10.6 Å². The van der Waals surface area contributed by atoms with Crippen molar-refractivity contribution in [1.29, 1.82) is 0 Å². The second kappa shape index (κ2) is 3.98. The average molecular weight is 237 g/mol. The summed E-state index contributed by atoms with van der Waals surface area (Å²) in [5.74, 6) is -0.0299. The summed E-state index contributed by atoms with van der Waals surface area (Å²) in [7, 11) is 0. The summed E-state index contributed by atoms with van der Waals surface area (Å²) in [6.07, 6.45) is 5.72. The Balaban J connectivity index is 1.62. The van der Waals surface area contributed by atoms with Crippen LogP contribution < -0.4 is 10.6 Å². The first-order valence-corrected chi connectivity index (χ1v) is 6.57. The highest BCUT2D eigenvalue weighted by Crippen LogP contribution is 2.41. The Labute approximate surface area is 101 Å². The molecule has 5 nitrogen and oxygen atoms in total. The molecule has 17 heavy (non-hydrogen) atoms. The molecule has 0 spiro atoms. The lowest BCUT2D eigenvalue weighted by atomic mass is 10.0. The van der Waals surface area contributed by atoms with Gasteiger partial charge >= 0.3 is 6.03 Å². The molecule has 2 aliphatic heterocycles. The Morgan fingerprint density at radius 1 is 1.41 bits per heavy atom. The Hall–Kier alpha value is -1.10. The number of hydrogen-bond donors (Lipinski definition) is 2. The molecule has 0 radical (unpaired) electrons. The van der Waals surface area contributed by atoms with Crippen LogP contribution >= 0.6 is 0 Å². The van der Waals surface area contributed by atoms with Crippen molar-refractivity contribution in [3.05, 3.63) is 0 Å². The number of hydrogen-bond acceptors (Lipinski definition) is 3. The normalized spacial score (nSPS) is 30.7. The topological polar surface area (TPSA) is 61.4 Å². The van der Waals surface area contributed by atoms with Crippen molar-refractivity contribution in [2.24, 2.45) is 0 Å². The van der Waals surface area contributed by atoms with Crippen LogP contribution in [0.1, 0.15) is 38.5 Å². The van der Waals surface area contributed by atoms with Crippen LogP contribution in [0.15, 0.2) is 0 Å². The van der Waals surface area contributed by atoms with Crippen LogP contribution in [0.2, 0.25) is 0 Å². The summed E-state index contributed by atoms with van der Waals surface area (Å²) in [5.41, 5.74) is -0.0591. The lowest BCUT2D eigenvalue weighted by molar-refractivity contribution is -0.125. The van der Waals surface area contributed by atoms with E-state index in [1.54, 1.807) is 0 Å². The lowest BCUT2D eigenvalue weighted by Gasteiger charge is -2.26. The molecule has 3 fully saturated rings. The molecule has 0 aromatic heterocycles. The number of urea groups is 1. The van der Waals surface area contributed by atoms with Crippen molar-refractivity contribution in [2.75, 3.05) is 13.1 Å². The molecule has 2 N–H and O–H groups in total. The van der Waals surface area contributed by atoms with E-state index in [2.05, 4.69) is 10.6 Å². The summed E-state index contributed by atoms with van der Waals surface area (Å²) in [5, 5.41) is 6.53. The quantitative estimate of drug-likeness (QED) is 0.739. The smallest absolute Gasteiger partial charge is 0.324 e. The minimum Gasteiger partial charge on any atom is -0.331 e. The maximum absolute atomic E-state index is 12.0. The van der Waals surface area contributed by atoms with E-state index in [1.807, 2.05) is 0 Å². The molecule has 0 bridgehead atoms. The van der Waals surface area contributed by atoms with Gasteiger partial charge in [-0.3, -0.25) is 9.69 Å². The Morgan fingerprint density at radius 3 is 2.76 bits per heavy atom. The molecule has 1 aliphatic carbocycles. The van der Waals surface area contributed by atoms with E-state index in [0.29, 0.717) is 19.0 Å². The van der Waals surface area contributed by atoms with Crippen molar-refractivity contribution >= 4 is 11.9 Å². The second-order valence-corrected chi connectivity index (χ2v) is 5.38. The molecule has 2 saturated heterocycles. The number of amides is 3. The SMILES string of the molecule is O=C1CCCN1C(=O)NC1(C2CCCN2)CC1. The molecule has 94 valence electrons. The molecule has 1 unspecified atom stereocenters. The predicted molar refractivity (Wildman–Crippen MR) is 62.5 cm³/mol. The number of rotatable bonds is 2. The lowest BCUT2D eigenvalue weighted by Crippen LogP contribution is -2.54. The maximum Gasteiger partial charge on any atom is 0.324 e. The van der Waals surface area contributed by atoms with Crippen LogP contribution in [0.5, 0.6) is 0 Å². The minimum atomic E-state index is -0.182.